The second kappa shape index (κ2) is 8.93. The summed E-state index contributed by atoms with van der Waals surface area (Å²) in [5.74, 6) is 1.70. The highest BCUT2D eigenvalue weighted by molar-refractivity contribution is 5.97. The molecule has 0 radical (unpaired) electrons. The van der Waals surface area contributed by atoms with Gasteiger partial charge in [-0.2, -0.15) is 0 Å². The van der Waals surface area contributed by atoms with E-state index in [-0.39, 0.29) is 34.8 Å². The number of pyridine rings is 1. The Hall–Kier alpha value is -2.67. The Morgan fingerprint density at radius 3 is 2.79 bits per heavy atom. The summed E-state index contributed by atoms with van der Waals surface area (Å²) in [7, 11) is 0. The number of aryl methyl sites for hydroxylation is 1. The summed E-state index contributed by atoms with van der Waals surface area (Å²) >= 11 is 0. The molecule has 1 aromatic heterocycles. The van der Waals surface area contributed by atoms with Crippen LogP contribution in [0.2, 0.25) is 0 Å². The Bertz CT molecular complexity index is 1130. The van der Waals surface area contributed by atoms with Crippen LogP contribution in [0, 0.1) is 17.8 Å². The maximum atomic E-state index is 13.4. The van der Waals surface area contributed by atoms with Crippen LogP contribution in [-0.4, -0.2) is 27.1 Å². The smallest absolute Gasteiger partial charge is 0.257 e. The third-order valence-corrected chi connectivity index (χ3v) is 8.11. The van der Waals surface area contributed by atoms with E-state index in [1.165, 1.54) is 19.3 Å². The maximum absolute atomic E-state index is 13.4. The molecule has 0 aliphatic heterocycles. The van der Waals surface area contributed by atoms with E-state index >= 15 is 0 Å². The number of nitrogens with zero attached hydrogens (tertiary/aromatic N) is 1. The number of rotatable bonds is 8. The molecule has 7 nitrogen and oxygen atoms in total. The number of amides is 2. The van der Waals surface area contributed by atoms with E-state index in [1.807, 2.05) is 22.8 Å². The molecule has 3 saturated carbocycles. The van der Waals surface area contributed by atoms with Crippen LogP contribution in [0.4, 0.5) is 0 Å². The molecule has 3 aliphatic carbocycles. The number of carbonyl (C=O) groups excluding carboxylic acids is 2. The fourth-order valence-electron chi connectivity index (χ4n) is 6.37. The van der Waals surface area contributed by atoms with Crippen molar-refractivity contribution in [2.45, 2.75) is 76.3 Å². The summed E-state index contributed by atoms with van der Waals surface area (Å²) in [6.45, 7) is 0.652. The van der Waals surface area contributed by atoms with Gasteiger partial charge in [0, 0.05) is 30.1 Å². The Kier molecular flexibility index (Phi) is 5.99. The molecular formula is C26H33N3O4. The molecule has 1 heterocycles. The van der Waals surface area contributed by atoms with Gasteiger partial charge < -0.3 is 9.88 Å². The number of nitrogens with one attached hydrogen (secondary N) is 2. The molecule has 2 bridgehead atoms. The average molecular weight is 452 g/mol. The number of aromatic nitrogens is 1. The van der Waals surface area contributed by atoms with Gasteiger partial charge in [0.15, 0.2) is 0 Å². The van der Waals surface area contributed by atoms with Crippen LogP contribution in [0.1, 0.15) is 74.6 Å². The second-order valence-corrected chi connectivity index (χ2v) is 10.5. The lowest BCUT2D eigenvalue weighted by atomic mass is 9.90. The first-order valence-electron chi connectivity index (χ1n) is 12.4. The minimum atomic E-state index is -0.382. The van der Waals surface area contributed by atoms with Crippen LogP contribution in [0.25, 0.3) is 10.9 Å². The zero-order chi connectivity index (χ0) is 23.0. The molecule has 4 atom stereocenters. The average Bonchev–Trinajstić information content (AvgIpc) is 3.42. The van der Waals surface area contributed by atoms with Crippen molar-refractivity contribution in [1.29, 1.82) is 0 Å². The predicted octanol–water partition coefficient (Wildman–Crippen LogP) is 3.77. The van der Waals surface area contributed by atoms with Crippen LogP contribution in [0.3, 0.4) is 0 Å². The van der Waals surface area contributed by atoms with Crippen molar-refractivity contribution < 1.29 is 14.8 Å². The van der Waals surface area contributed by atoms with Gasteiger partial charge in [0.2, 0.25) is 11.3 Å². The van der Waals surface area contributed by atoms with Crippen molar-refractivity contribution in [3.8, 4) is 0 Å². The largest absolute Gasteiger partial charge is 0.346 e. The van der Waals surface area contributed by atoms with E-state index in [9.17, 15) is 14.4 Å². The molecule has 2 amide bonds. The minimum absolute atomic E-state index is 0.145. The highest BCUT2D eigenvalue weighted by Crippen LogP contribution is 2.57. The first-order valence-corrected chi connectivity index (χ1v) is 12.4. The predicted molar refractivity (Wildman–Crippen MR) is 125 cm³/mol. The summed E-state index contributed by atoms with van der Waals surface area (Å²) in [5, 5.41) is 12.5. The molecule has 2 aromatic rings. The van der Waals surface area contributed by atoms with E-state index < -0.39 is 0 Å². The van der Waals surface area contributed by atoms with Crippen molar-refractivity contribution in [2.24, 2.45) is 17.8 Å². The van der Waals surface area contributed by atoms with Crippen molar-refractivity contribution in [2.75, 3.05) is 0 Å². The molecule has 4 unspecified atom stereocenters. The van der Waals surface area contributed by atoms with Crippen molar-refractivity contribution in [1.82, 2.24) is 15.4 Å². The van der Waals surface area contributed by atoms with Crippen LogP contribution in [0.5, 0.6) is 0 Å². The number of hydroxylamine groups is 1. The SMILES string of the molecule is O=C(CCCCCn1cc(C(=O)NC23CCC(CC4CC4C2)C3)c(=O)c2ccccc21)NO. The first-order chi connectivity index (χ1) is 16.0. The third kappa shape index (κ3) is 4.56. The van der Waals surface area contributed by atoms with Gasteiger partial charge in [-0.05, 0) is 81.3 Å². The molecule has 3 N–H and O–H groups in total. The highest BCUT2D eigenvalue weighted by atomic mass is 16.5. The molecule has 1 aromatic carbocycles. The number of hydrogen-bond donors (Lipinski definition) is 3. The van der Waals surface area contributed by atoms with Crippen LogP contribution in [0.15, 0.2) is 35.3 Å². The van der Waals surface area contributed by atoms with Gasteiger partial charge in [0.05, 0.1) is 5.52 Å². The molecule has 3 fully saturated rings. The summed E-state index contributed by atoms with van der Waals surface area (Å²) in [6.07, 6.45) is 11.2. The van der Waals surface area contributed by atoms with Crippen LogP contribution in [-0.2, 0) is 11.3 Å². The topological polar surface area (TPSA) is 100 Å². The van der Waals surface area contributed by atoms with Gasteiger partial charge >= 0.3 is 0 Å². The molecule has 3 aliphatic rings. The number of unbranched alkanes of at least 4 members (excludes halogenated alkanes) is 2. The van der Waals surface area contributed by atoms with Crippen molar-refractivity contribution in [3.05, 3.63) is 46.2 Å². The van der Waals surface area contributed by atoms with E-state index in [1.54, 1.807) is 17.7 Å². The Balaban J connectivity index is 1.35. The Morgan fingerprint density at radius 2 is 1.94 bits per heavy atom. The van der Waals surface area contributed by atoms with E-state index in [0.29, 0.717) is 24.3 Å². The lowest BCUT2D eigenvalue weighted by Crippen LogP contribution is -2.48. The lowest BCUT2D eigenvalue weighted by Gasteiger charge is -2.30. The minimum Gasteiger partial charge on any atom is -0.346 e. The molecule has 5 rings (SSSR count). The molecule has 176 valence electrons. The fraction of sp³-hybridized carbons (Fsp3) is 0.577. The fourth-order valence-corrected chi connectivity index (χ4v) is 6.37. The van der Waals surface area contributed by atoms with E-state index in [2.05, 4.69) is 5.32 Å². The van der Waals surface area contributed by atoms with Gasteiger partial charge in [-0.25, -0.2) is 5.48 Å². The Morgan fingerprint density at radius 1 is 1.09 bits per heavy atom. The van der Waals surface area contributed by atoms with Crippen molar-refractivity contribution >= 4 is 22.7 Å². The van der Waals surface area contributed by atoms with Gasteiger partial charge in [-0.1, -0.05) is 18.6 Å². The van der Waals surface area contributed by atoms with Gasteiger partial charge in [-0.3, -0.25) is 19.6 Å². The Labute approximate surface area is 193 Å². The molecule has 0 spiro atoms. The highest BCUT2D eigenvalue weighted by Gasteiger charge is 2.52. The quantitative estimate of drug-likeness (QED) is 0.323. The second-order valence-electron chi connectivity index (χ2n) is 10.5. The molecular weight excluding hydrogens is 418 g/mol. The normalized spacial score (nSPS) is 27.6. The summed E-state index contributed by atoms with van der Waals surface area (Å²) in [5.41, 5.74) is 2.35. The maximum Gasteiger partial charge on any atom is 0.257 e. The van der Waals surface area contributed by atoms with Crippen LogP contribution < -0.4 is 16.2 Å². The number of carbonyl (C=O) groups is 2. The van der Waals surface area contributed by atoms with Gasteiger partial charge in [0.25, 0.3) is 5.91 Å². The number of fused-ring (bicyclic) bond motifs is 4. The third-order valence-electron chi connectivity index (χ3n) is 8.11. The van der Waals surface area contributed by atoms with Crippen LogP contribution >= 0.6 is 0 Å². The zero-order valence-electron chi connectivity index (χ0n) is 19.0. The number of benzene rings is 1. The van der Waals surface area contributed by atoms with E-state index in [4.69, 9.17) is 5.21 Å². The summed E-state index contributed by atoms with van der Waals surface area (Å²) in [4.78, 5) is 37.9. The molecule has 33 heavy (non-hydrogen) atoms. The summed E-state index contributed by atoms with van der Waals surface area (Å²) < 4.78 is 2.00. The monoisotopic (exact) mass is 451 g/mol. The first kappa shape index (κ1) is 22.1. The number of para-hydroxylation sites is 1. The van der Waals surface area contributed by atoms with Gasteiger partial charge in [0.1, 0.15) is 5.56 Å². The zero-order valence-corrected chi connectivity index (χ0v) is 19.0. The van der Waals surface area contributed by atoms with Crippen molar-refractivity contribution in [3.63, 3.8) is 0 Å². The standard InChI is InChI=1S/C26H33N3O4/c30-23(28-33)8-2-1-5-11-29-16-21(24(31)20-6-3-4-7-22(20)29)25(32)27-26-10-9-17(14-26)12-18-13-19(18)15-26/h3-4,6-7,16-19,33H,1-2,5,8-15H2,(H,27,32)(H,28,30). The molecule has 0 saturated heterocycles. The molecule has 7 heteroatoms. The van der Waals surface area contributed by atoms with E-state index in [0.717, 1.165) is 49.5 Å². The lowest BCUT2D eigenvalue weighted by molar-refractivity contribution is -0.129. The number of hydrogen-bond acceptors (Lipinski definition) is 4. The summed E-state index contributed by atoms with van der Waals surface area (Å²) in [6, 6.07) is 7.44. The van der Waals surface area contributed by atoms with Gasteiger partial charge in [-0.15, -0.1) is 0 Å².